The van der Waals surface area contributed by atoms with E-state index < -0.39 is 12.1 Å². The fourth-order valence-electron chi connectivity index (χ4n) is 4.37. The summed E-state index contributed by atoms with van der Waals surface area (Å²) in [4.78, 5) is 42.2. The summed E-state index contributed by atoms with van der Waals surface area (Å²) in [5.74, 6) is 0.413. The molecule has 0 radical (unpaired) electrons. The average molecular weight is 453 g/mol. The molecule has 2 atom stereocenters. The molecule has 2 aliphatic rings. The minimum atomic E-state index is -0.528. The quantitative estimate of drug-likeness (QED) is 0.668. The molecule has 0 spiro atoms. The Hall–Kier alpha value is -3.59. The van der Waals surface area contributed by atoms with Crippen LogP contribution in [0.5, 0.6) is 11.5 Å². The second kappa shape index (κ2) is 9.91. The van der Waals surface area contributed by atoms with Crippen molar-refractivity contribution in [3.05, 3.63) is 54.1 Å². The van der Waals surface area contributed by atoms with Gasteiger partial charge < -0.3 is 25.0 Å². The second-order valence-electron chi connectivity index (χ2n) is 8.08. The molecule has 0 saturated carbocycles. The number of carbonyl (C=O) groups excluding carboxylic acids is 3. The summed E-state index contributed by atoms with van der Waals surface area (Å²) < 4.78 is 10.6. The minimum absolute atomic E-state index is 0.158. The van der Waals surface area contributed by atoms with Gasteiger partial charge in [0.05, 0.1) is 32.5 Å². The van der Waals surface area contributed by atoms with Crippen LogP contribution < -0.4 is 20.1 Å². The summed E-state index contributed by atoms with van der Waals surface area (Å²) in [6.45, 7) is 0.674. The Kier molecular flexibility index (Phi) is 6.79. The highest BCUT2D eigenvalue weighted by Crippen LogP contribution is 2.30. The second-order valence-corrected chi connectivity index (χ2v) is 8.08. The minimum Gasteiger partial charge on any atom is -0.497 e. The predicted molar refractivity (Wildman–Crippen MR) is 122 cm³/mol. The van der Waals surface area contributed by atoms with E-state index in [1.54, 1.807) is 18.2 Å². The number of benzene rings is 2. The summed E-state index contributed by atoms with van der Waals surface area (Å²) in [7, 11) is 3.05. The van der Waals surface area contributed by atoms with Gasteiger partial charge in [0.15, 0.2) is 0 Å². The molecule has 0 aliphatic carbocycles. The number of hydrogen-bond acceptors (Lipinski definition) is 6. The van der Waals surface area contributed by atoms with Crippen molar-refractivity contribution in [2.75, 3.05) is 32.6 Å². The van der Waals surface area contributed by atoms with Crippen LogP contribution in [-0.2, 0) is 16.1 Å². The molecular formula is C24H28N4O5. The molecule has 2 aromatic carbocycles. The third kappa shape index (κ3) is 4.78. The monoisotopic (exact) mass is 452 g/mol. The number of nitrogens with one attached hydrogen (secondary N) is 2. The Balaban J connectivity index is 1.55. The summed E-state index contributed by atoms with van der Waals surface area (Å²) in [6.07, 6.45) is 1.48. The molecule has 33 heavy (non-hydrogen) atoms. The van der Waals surface area contributed by atoms with Crippen molar-refractivity contribution in [1.82, 2.24) is 15.1 Å². The number of fused-ring (bicyclic) bond motifs is 1. The van der Waals surface area contributed by atoms with Gasteiger partial charge in [0.1, 0.15) is 24.1 Å². The molecule has 2 N–H and O–H groups in total. The highest BCUT2D eigenvalue weighted by molar-refractivity contribution is 6.03. The number of imide groups is 1. The van der Waals surface area contributed by atoms with Crippen LogP contribution in [0.1, 0.15) is 18.4 Å². The molecular weight excluding hydrogens is 424 g/mol. The van der Waals surface area contributed by atoms with Gasteiger partial charge in [-0.3, -0.25) is 14.5 Å². The van der Waals surface area contributed by atoms with E-state index in [4.69, 9.17) is 9.47 Å². The number of piperidine rings is 1. The number of rotatable bonds is 7. The molecule has 2 unspecified atom stereocenters. The molecule has 4 rings (SSSR count). The lowest BCUT2D eigenvalue weighted by atomic mass is 9.93. The van der Waals surface area contributed by atoms with Gasteiger partial charge >= 0.3 is 6.03 Å². The lowest BCUT2D eigenvalue weighted by molar-refractivity contribution is -0.138. The van der Waals surface area contributed by atoms with E-state index in [0.29, 0.717) is 30.2 Å². The standard InChI is InChI=1S/C24H28N4O5/c1-32-17-10-11-20(33-2)18(13-17)26-21(29)15-27-19-9-6-12-25-22(19)23(30)28(24(27)31)14-16-7-4-3-5-8-16/h3-5,7-8,10-11,13,19,22,25H,6,9,12,14-15H2,1-2H3,(H,26,29). The highest BCUT2D eigenvalue weighted by atomic mass is 16.5. The third-order valence-corrected chi connectivity index (χ3v) is 6.01. The lowest BCUT2D eigenvalue weighted by Crippen LogP contribution is -2.70. The van der Waals surface area contributed by atoms with Gasteiger partial charge in [0.2, 0.25) is 11.8 Å². The number of urea groups is 1. The molecule has 2 fully saturated rings. The summed E-state index contributed by atoms with van der Waals surface area (Å²) in [6, 6.07) is 13.1. The van der Waals surface area contributed by atoms with Crippen molar-refractivity contribution in [2.24, 2.45) is 0 Å². The van der Waals surface area contributed by atoms with E-state index >= 15 is 0 Å². The van der Waals surface area contributed by atoms with Gasteiger partial charge in [0.25, 0.3) is 0 Å². The Morgan fingerprint density at radius 3 is 2.64 bits per heavy atom. The first kappa shape index (κ1) is 22.6. The molecule has 174 valence electrons. The first-order valence-corrected chi connectivity index (χ1v) is 10.9. The molecule has 2 saturated heterocycles. The number of amides is 4. The number of anilines is 1. The van der Waals surface area contributed by atoms with Crippen LogP contribution in [0.2, 0.25) is 0 Å². The summed E-state index contributed by atoms with van der Waals surface area (Å²) in [5, 5.41) is 6.05. The van der Waals surface area contributed by atoms with Crippen molar-refractivity contribution in [3.8, 4) is 11.5 Å². The van der Waals surface area contributed by atoms with Crippen LogP contribution in [0.15, 0.2) is 48.5 Å². The van der Waals surface area contributed by atoms with Gasteiger partial charge in [-0.1, -0.05) is 30.3 Å². The van der Waals surface area contributed by atoms with Crippen molar-refractivity contribution in [1.29, 1.82) is 0 Å². The average Bonchev–Trinajstić information content (AvgIpc) is 2.85. The molecule has 9 nitrogen and oxygen atoms in total. The van der Waals surface area contributed by atoms with Gasteiger partial charge in [-0.05, 0) is 37.1 Å². The Morgan fingerprint density at radius 2 is 1.91 bits per heavy atom. The maximum atomic E-state index is 13.4. The maximum Gasteiger partial charge on any atom is 0.327 e. The van der Waals surface area contributed by atoms with Crippen molar-refractivity contribution in [2.45, 2.75) is 31.5 Å². The van der Waals surface area contributed by atoms with Crippen LogP contribution in [0.3, 0.4) is 0 Å². The molecule has 2 aliphatic heterocycles. The number of ether oxygens (including phenoxy) is 2. The number of carbonyl (C=O) groups is 3. The molecule has 4 amide bonds. The SMILES string of the molecule is COc1ccc(OC)c(NC(=O)CN2C(=O)N(Cc3ccccc3)C(=O)C3NCCCC32)c1. The van der Waals surface area contributed by atoms with Crippen LogP contribution in [0.25, 0.3) is 0 Å². The van der Waals surface area contributed by atoms with Crippen molar-refractivity contribution >= 4 is 23.5 Å². The Morgan fingerprint density at radius 1 is 1.12 bits per heavy atom. The summed E-state index contributed by atoms with van der Waals surface area (Å²) >= 11 is 0. The van der Waals surface area contributed by atoms with Crippen molar-refractivity contribution < 1.29 is 23.9 Å². The lowest BCUT2D eigenvalue weighted by Gasteiger charge is -2.46. The van der Waals surface area contributed by atoms with E-state index in [0.717, 1.165) is 12.0 Å². The predicted octanol–water partition coefficient (Wildman–Crippen LogP) is 2.23. The van der Waals surface area contributed by atoms with Gasteiger partial charge in [-0.15, -0.1) is 0 Å². The zero-order valence-electron chi connectivity index (χ0n) is 18.7. The Bertz CT molecular complexity index is 1030. The first-order valence-electron chi connectivity index (χ1n) is 10.9. The fraction of sp³-hybridized carbons (Fsp3) is 0.375. The highest BCUT2D eigenvalue weighted by Gasteiger charge is 2.47. The van der Waals surface area contributed by atoms with E-state index in [-0.39, 0.29) is 30.9 Å². The number of methoxy groups -OCH3 is 2. The number of hydrogen-bond donors (Lipinski definition) is 2. The van der Waals surface area contributed by atoms with E-state index in [2.05, 4.69) is 10.6 Å². The van der Waals surface area contributed by atoms with Gasteiger partial charge in [0, 0.05) is 6.07 Å². The first-order chi connectivity index (χ1) is 16.0. The molecule has 9 heteroatoms. The molecule has 2 heterocycles. The zero-order valence-corrected chi connectivity index (χ0v) is 18.7. The van der Waals surface area contributed by atoms with Crippen LogP contribution >= 0.6 is 0 Å². The summed E-state index contributed by atoms with van der Waals surface area (Å²) in [5.41, 5.74) is 1.29. The normalized spacial score (nSPS) is 20.3. The molecule has 0 bridgehead atoms. The molecule has 2 aromatic rings. The van der Waals surface area contributed by atoms with Gasteiger partial charge in [-0.25, -0.2) is 4.79 Å². The maximum absolute atomic E-state index is 13.4. The largest absolute Gasteiger partial charge is 0.497 e. The number of nitrogens with zero attached hydrogens (tertiary/aromatic N) is 2. The molecule has 0 aromatic heterocycles. The topological polar surface area (TPSA) is 100 Å². The van der Waals surface area contributed by atoms with Crippen LogP contribution in [0, 0.1) is 0 Å². The fourth-order valence-corrected chi connectivity index (χ4v) is 4.37. The van der Waals surface area contributed by atoms with Crippen LogP contribution in [-0.4, -0.2) is 67.0 Å². The zero-order chi connectivity index (χ0) is 23.4. The smallest absolute Gasteiger partial charge is 0.327 e. The van der Waals surface area contributed by atoms with Crippen molar-refractivity contribution in [3.63, 3.8) is 0 Å². The van der Waals surface area contributed by atoms with Crippen LogP contribution in [0.4, 0.5) is 10.5 Å². The van der Waals surface area contributed by atoms with E-state index in [1.165, 1.54) is 24.0 Å². The van der Waals surface area contributed by atoms with E-state index in [1.807, 2.05) is 30.3 Å². The Labute approximate surface area is 192 Å². The van der Waals surface area contributed by atoms with Gasteiger partial charge in [-0.2, -0.15) is 0 Å². The van der Waals surface area contributed by atoms with E-state index in [9.17, 15) is 14.4 Å². The third-order valence-electron chi connectivity index (χ3n) is 6.01.